The van der Waals surface area contributed by atoms with Gasteiger partial charge in [-0.2, -0.15) is 0 Å². The van der Waals surface area contributed by atoms with Crippen molar-refractivity contribution in [2.45, 2.75) is 61.3 Å². The van der Waals surface area contributed by atoms with Crippen molar-refractivity contribution in [3.8, 4) is 0 Å². The van der Waals surface area contributed by atoms with Gasteiger partial charge >= 0.3 is 0 Å². The van der Waals surface area contributed by atoms with E-state index >= 15 is 0 Å². The lowest BCUT2D eigenvalue weighted by atomic mass is 9.73. The van der Waals surface area contributed by atoms with Crippen LogP contribution in [-0.2, 0) is 0 Å². The molecule has 0 saturated carbocycles. The van der Waals surface area contributed by atoms with Gasteiger partial charge in [-0.3, -0.25) is 0 Å². The molecule has 1 N–H and O–H groups in total. The summed E-state index contributed by atoms with van der Waals surface area (Å²) in [5.74, 6) is 0.517. The third kappa shape index (κ3) is 3.28. The molecule has 1 aliphatic rings. The summed E-state index contributed by atoms with van der Waals surface area (Å²) in [7, 11) is 0. The zero-order chi connectivity index (χ0) is 14.1. The fourth-order valence-electron chi connectivity index (χ4n) is 2.34. The maximum Gasteiger partial charge on any atom is 0.119 e. The van der Waals surface area contributed by atoms with Crippen LogP contribution in [0.1, 0.15) is 61.3 Å². The summed E-state index contributed by atoms with van der Waals surface area (Å²) in [4.78, 5) is 0. The highest BCUT2D eigenvalue weighted by Gasteiger charge is 2.31. The maximum atomic E-state index is 10.6. The van der Waals surface area contributed by atoms with Crippen molar-refractivity contribution >= 4 is 0 Å². The highest BCUT2D eigenvalue weighted by atomic mass is 16.3. The lowest BCUT2D eigenvalue weighted by Crippen LogP contribution is -2.21. The Kier molecular flexibility index (Phi) is 4.15. The van der Waals surface area contributed by atoms with Gasteiger partial charge in [0.05, 0.1) is 0 Å². The zero-order valence-electron chi connectivity index (χ0n) is 13.0. The van der Waals surface area contributed by atoms with E-state index in [1.165, 1.54) is 5.57 Å². The summed E-state index contributed by atoms with van der Waals surface area (Å²) in [5.41, 5.74) is 3.56. The molecule has 0 aromatic carbocycles. The molecule has 0 unspecified atom stereocenters. The van der Waals surface area contributed by atoms with Gasteiger partial charge in [-0.1, -0.05) is 60.6 Å². The second kappa shape index (κ2) is 4.95. The third-order valence-corrected chi connectivity index (χ3v) is 3.43. The van der Waals surface area contributed by atoms with Crippen molar-refractivity contribution in [3.63, 3.8) is 0 Å². The predicted molar refractivity (Wildman–Crippen MR) is 79.6 cm³/mol. The van der Waals surface area contributed by atoms with Crippen LogP contribution in [0.4, 0.5) is 0 Å². The van der Waals surface area contributed by atoms with E-state index in [-0.39, 0.29) is 10.8 Å². The van der Waals surface area contributed by atoms with Crippen LogP contribution >= 0.6 is 0 Å². The summed E-state index contributed by atoms with van der Waals surface area (Å²) < 4.78 is 0. The number of rotatable bonds is 1. The molecule has 1 rings (SSSR count). The van der Waals surface area contributed by atoms with Crippen LogP contribution in [0.15, 0.2) is 34.6 Å². The van der Waals surface area contributed by atoms with Crippen LogP contribution in [0, 0.1) is 10.8 Å². The van der Waals surface area contributed by atoms with Gasteiger partial charge in [0.25, 0.3) is 0 Å². The van der Waals surface area contributed by atoms with Gasteiger partial charge in [-0.05, 0) is 40.4 Å². The number of hydrogen-bond acceptors (Lipinski definition) is 1. The summed E-state index contributed by atoms with van der Waals surface area (Å²) in [6, 6.07) is 0. The Labute approximate surface area is 112 Å². The average molecular weight is 248 g/mol. The lowest BCUT2D eigenvalue weighted by molar-refractivity contribution is 0.343. The number of allylic oxidation sites excluding steroid dienone is 5. The molecule has 0 spiro atoms. The van der Waals surface area contributed by atoms with E-state index < -0.39 is 0 Å². The van der Waals surface area contributed by atoms with Crippen LogP contribution in [-0.4, -0.2) is 5.11 Å². The molecule has 0 radical (unpaired) electrons. The van der Waals surface area contributed by atoms with E-state index in [0.29, 0.717) is 5.76 Å². The van der Waals surface area contributed by atoms with Gasteiger partial charge in [-0.25, -0.2) is 0 Å². The molecule has 0 fully saturated rings. The van der Waals surface area contributed by atoms with E-state index in [0.717, 1.165) is 24.0 Å². The second-order valence-corrected chi connectivity index (χ2v) is 7.25. The van der Waals surface area contributed by atoms with Gasteiger partial charge in [0.2, 0.25) is 0 Å². The molecule has 0 saturated heterocycles. The topological polar surface area (TPSA) is 20.2 Å². The first kappa shape index (κ1) is 15.1. The van der Waals surface area contributed by atoms with Crippen molar-refractivity contribution < 1.29 is 5.11 Å². The fourth-order valence-corrected chi connectivity index (χ4v) is 2.34. The average Bonchev–Trinajstić information content (AvgIpc) is 2.17. The van der Waals surface area contributed by atoms with E-state index in [1.54, 1.807) is 0 Å². The summed E-state index contributed by atoms with van der Waals surface area (Å²) in [6.45, 7) is 15.2. The molecule has 0 aliphatic heterocycles. The smallest absolute Gasteiger partial charge is 0.119 e. The van der Waals surface area contributed by atoms with Gasteiger partial charge in [0, 0.05) is 0 Å². The molecule has 0 aromatic heterocycles. The Morgan fingerprint density at radius 2 is 1.67 bits per heavy atom. The van der Waals surface area contributed by atoms with Gasteiger partial charge in [-0.15, -0.1) is 0 Å². The zero-order valence-corrected chi connectivity index (χ0v) is 13.0. The Hall–Kier alpha value is -0.980. The van der Waals surface area contributed by atoms with Crippen molar-refractivity contribution in [1.29, 1.82) is 0 Å². The van der Waals surface area contributed by atoms with Gasteiger partial charge in [0.1, 0.15) is 5.76 Å². The van der Waals surface area contributed by atoms with Crippen molar-refractivity contribution in [1.82, 2.24) is 0 Å². The Morgan fingerprint density at radius 3 is 2.06 bits per heavy atom. The normalized spacial score (nSPS) is 20.4. The summed E-state index contributed by atoms with van der Waals surface area (Å²) >= 11 is 0. The first-order valence-corrected chi connectivity index (χ1v) is 6.91. The fraction of sp³-hybridized carbons (Fsp3) is 0.647. The molecule has 102 valence electrons. The highest BCUT2D eigenvalue weighted by molar-refractivity contribution is 5.47. The van der Waals surface area contributed by atoms with Crippen LogP contribution < -0.4 is 0 Å². The standard InChI is InChI=1S/C17H28O/c1-8-9-12-10-13(16(2,3)4)15(18)14(11-12)17(5,6)7/h9-10,18H,8,11H2,1-7H3. The van der Waals surface area contributed by atoms with Gasteiger partial charge in [0.15, 0.2) is 0 Å². The SMILES string of the molecule is CCC=C1C=C(C(C)(C)C)C(O)=C(C(C)(C)C)C1. The van der Waals surface area contributed by atoms with E-state index in [9.17, 15) is 5.11 Å². The summed E-state index contributed by atoms with van der Waals surface area (Å²) in [6.07, 6.45) is 6.36. The Bertz CT molecular complexity index is 406. The van der Waals surface area contributed by atoms with Crippen molar-refractivity contribution in [2.24, 2.45) is 10.8 Å². The van der Waals surface area contributed by atoms with Crippen LogP contribution in [0.25, 0.3) is 0 Å². The van der Waals surface area contributed by atoms with Crippen molar-refractivity contribution in [3.05, 3.63) is 34.6 Å². The molecule has 1 aliphatic carbocycles. The lowest BCUT2D eigenvalue weighted by Gasteiger charge is -2.33. The molecule has 0 bridgehead atoms. The van der Waals surface area contributed by atoms with Gasteiger partial charge < -0.3 is 5.11 Å². The number of hydrogen-bond donors (Lipinski definition) is 1. The Morgan fingerprint density at radius 1 is 1.11 bits per heavy atom. The number of aliphatic hydroxyl groups is 1. The Balaban J connectivity index is 3.36. The minimum atomic E-state index is -0.0200. The molecular formula is C17H28O. The van der Waals surface area contributed by atoms with Crippen LogP contribution in [0.2, 0.25) is 0 Å². The molecule has 0 heterocycles. The molecule has 18 heavy (non-hydrogen) atoms. The highest BCUT2D eigenvalue weighted by Crippen LogP contribution is 2.43. The largest absolute Gasteiger partial charge is 0.508 e. The molecule has 1 heteroatoms. The van der Waals surface area contributed by atoms with E-state index in [1.807, 2.05) is 0 Å². The first-order chi connectivity index (χ1) is 8.07. The third-order valence-electron chi connectivity index (χ3n) is 3.43. The first-order valence-electron chi connectivity index (χ1n) is 6.91. The van der Waals surface area contributed by atoms with E-state index in [2.05, 4.69) is 60.6 Å². The van der Waals surface area contributed by atoms with Crippen LogP contribution in [0.3, 0.4) is 0 Å². The molecular weight excluding hydrogens is 220 g/mol. The second-order valence-electron chi connectivity index (χ2n) is 7.25. The quantitative estimate of drug-likeness (QED) is 0.644. The van der Waals surface area contributed by atoms with Crippen molar-refractivity contribution in [2.75, 3.05) is 0 Å². The maximum absolute atomic E-state index is 10.6. The molecule has 1 nitrogen and oxygen atoms in total. The monoisotopic (exact) mass is 248 g/mol. The molecule has 0 aromatic rings. The van der Waals surface area contributed by atoms with Crippen LogP contribution in [0.5, 0.6) is 0 Å². The summed E-state index contributed by atoms with van der Waals surface area (Å²) in [5, 5.41) is 10.6. The minimum Gasteiger partial charge on any atom is -0.508 e. The predicted octanol–water partition coefficient (Wildman–Crippen LogP) is 5.56. The minimum absolute atomic E-state index is 0.0156. The molecule has 0 atom stereocenters. The number of aliphatic hydroxyl groups excluding tert-OH is 1. The molecule has 0 amide bonds. The van der Waals surface area contributed by atoms with E-state index in [4.69, 9.17) is 0 Å².